The van der Waals surface area contributed by atoms with Crippen LogP contribution in [0.25, 0.3) is 0 Å². The molecule has 130 valence electrons. The van der Waals surface area contributed by atoms with Gasteiger partial charge in [0.05, 0.1) is 31.3 Å². The van der Waals surface area contributed by atoms with E-state index in [1.807, 2.05) is 0 Å². The first-order chi connectivity index (χ1) is 11.9. The Labute approximate surface area is 155 Å². The minimum atomic E-state index is -1.54. The van der Waals surface area contributed by atoms with Crippen molar-refractivity contribution in [2.24, 2.45) is 16.6 Å². The number of ether oxygens (including phenoxy) is 2. The minimum absolute atomic E-state index is 0.124. The molecule has 0 amide bonds. The highest BCUT2D eigenvalue weighted by molar-refractivity contribution is 6.36. The summed E-state index contributed by atoms with van der Waals surface area (Å²) < 4.78 is 11.6. The first-order valence-corrected chi connectivity index (χ1v) is 8.63. The summed E-state index contributed by atoms with van der Waals surface area (Å²) in [6.45, 7) is 4.06. The fourth-order valence-electron chi connectivity index (χ4n) is 4.07. The number of amidine groups is 1. The second-order valence-corrected chi connectivity index (χ2v) is 6.74. The van der Waals surface area contributed by atoms with Gasteiger partial charge < -0.3 is 9.47 Å². The number of fused-ring (bicyclic) bond motifs is 1. The van der Waals surface area contributed by atoms with Gasteiger partial charge in [-0.15, -0.1) is 0 Å². The average molecular weight is 380 g/mol. The summed E-state index contributed by atoms with van der Waals surface area (Å²) in [6.07, 6.45) is 0. The fraction of sp³-hybridized carbons (Fsp3) is 0.471. The van der Waals surface area contributed by atoms with Crippen molar-refractivity contribution in [1.29, 1.82) is 10.5 Å². The summed E-state index contributed by atoms with van der Waals surface area (Å²) in [5.41, 5.74) is 3.93. The summed E-state index contributed by atoms with van der Waals surface area (Å²) in [7, 11) is 0. The standard InChI is InChI=1S/C17H16Cl2N4O2/c1-3-24-17(25-4-2)16(9-21)13(15(16,8-20)14(22)23-17)12-10(18)6-5-7-11(12)19/h5-7,13H,3-4H2,1-2H3,(H2,22,23)/p+1/t13-,15-,16-/m1/s1. The van der Waals surface area contributed by atoms with Gasteiger partial charge in [0.1, 0.15) is 0 Å². The molecule has 6 nitrogen and oxygen atoms in total. The van der Waals surface area contributed by atoms with Crippen LogP contribution in [-0.4, -0.2) is 25.0 Å². The van der Waals surface area contributed by atoms with Gasteiger partial charge in [0.25, 0.3) is 5.84 Å². The van der Waals surface area contributed by atoms with Crippen LogP contribution >= 0.6 is 23.2 Å². The van der Waals surface area contributed by atoms with E-state index in [9.17, 15) is 10.5 Å². The summed E-state index contributed by atoms with van der Waals surface area (Å²) in [6, 6.07) is 9.49. The molecule has 1 fully saturated rings. The quantitative estimate of drug-likeness (QED) is 0.749. The fourth-order valence-corrected chi connectivity index (χ4v) is 4.69. The zero-order valence-corrected chi connectivity index (χ0v) is 15.3. The van der Waals surface area contributed by atoms with E-state index >= 15 is 0 Å². The molecule has 8 heteroatoms. The molecule has 0 aromatic heterocycles. The van der Waals surface area contributed by atoms with Gasteiger partial charge in [-0.1, -0.05) is 29.3 Å². The van der Waals surface area contributed by atoms with Crippen LogP contribution in [-0.2, 0) is 9.47 Å². The molecule has 3 atom stereocenters. The topological polar surface area (TPSA) is 106 Å². The summed E-state index contributed by atoms with van der Waals surface area (Å²) >= 11 is 12.7. The molecule has 25 heavy (non-hydrogen) atoms. The maximum atomic E-state index is 10.1. The lowest BCUT2D eigenvalue weighted by atomic mass is 9.93. The van der Waals surface area contributed by atoms with Crippen LogP contribution in [0.15, 0.2) is 18.2 Å². The van der Waals surface area contributed by atoms with Gasteiger partial charge in [-0.05, 0) is 31.5 Å². The van der Waals surface area contributed by atoms with E-state index in [1.165, 1.54) is 0 Å². The van der Waals surface area contributed by atoms with Crippen molar-refractivity contribution in [2.45, 2.75) is 25.7 Å². The molecule has 3 rings (SSSR count). The van der Waals surface area contributed by atoms with Crippen LogP contribution in [0.3, 0.4) is 0 Å². The number of hydrogen-bond donors (Lipinski definition) is 2. The van der Waals surface area contributed by atoms with Gasteiger partial charge in [0, 0.05) is 10.0 Å². The Bertz CT molecular complexity index is 818. The SMILES string of the molecule is CCOC1(OCC)[NH+]=C(N)[C@@]2(C#N)[C@@H](c3c(Cl)cccc3Cl)[C@@]12C#N. The largest absolute Gasteiger partial charge is 0.343 e. The van der Waals surface area contributed by atoms with E-state index in [4.69, 9.17) is 38.4 Å². The number of benzene rings is 1. The monoisotopic (exact) mass is 379 g/mol. The Morgan fingerprint density at radius 1 is 1.16 bits per heavy atom. The van der Waals surface area contributed by atoms with Gasteiger partial charge in [0.15, 0.2) is 10.8 Å². The van der Waals surface area contributed by atoms with Crippen molar-refractivity contribution in [2.75, 3.05) is 13.2 Å². The molecule has 1 aliphatic carbocycles. The van der Waals surface area contributed by atoms with Gasteiger partial charge in [-0.2, -0.15) is 10.5 Å². The predicted molar refractivity (Wildman–Crippen MR) is 91.4 cm³/mol. The second kappa shape index (κ2) is 5.86. The number of nitrogens with zero attached hydrogens (tertiary/aromatic N) is 2. The van der Waals surface area contributed by atoms with Gasteiger partial charge in [0.2, 0.25) is 0 Å². The minimum Gasteiger partial charge on any atom is -0.314 e. The number of hydrogen-bond acceptors (Lipinski definition) is 5. The van der Waals surface area contributed by atoms with E-state index in [0.29, 0.717) is 15.6 Å². The predicted octanol–water partition coefficient (Wildman–Crippen LogP) is 1.29. The number of halogens is 2. The molecule has 0 saturated heterocycles. The number of nitrogens with one attached hydrogen (secondary N) is 1. The van der Waals surface area contributed by atoms with Crippen molar-refractivity contribution >= 4 is 29.0 Å². The van der Waals surface area contributed by atoms with Crippen molar-refractivity contribution in [1.82, 2.24) is 0 Å². The molecule has 3 N–H and O–H groups in total. The molecule has 0 unspecified atom stereocenters. The van der Waals surface area contributed by atoms with Gasteiger partial charge in [-0.25, -0.2) is 4.99 Å². The lowest BCUT2D eigenvalue weighted by molar-refractivity contribution is -0.693. The Balaban J connectivity index is 2.29. The van der Waals surface area contributed by atoms with Crippen molar-refractivity contribution in [3.05, 3.63) is 33.8 Å². The van der Waals surface area contributed by atoms with E-state index in [1.54, 1.807) is 32.0 Å². The zero-order valence-electron chi connectivity index (χ0n) is 13.8. The highest BCUT2D eigenvalue weighted by Crippen LogP contribution is 2.79. The summed E-state index contributed by atoms with van der Waals surface area (Å²) in [5.74, 6) is -2.09. The van der Waals surface area contributed by atoms with E-state index in [-0.39, 0.29) is 19.0 Å². The number of nitrogens with two attached hydrogens (primary N) is 1. The third-order valence-electron chi connectivity index (χ3n) is 4.98. The highest BCUT2D eigenvalue weighted by atomic mass is 35.5. The van der Waals surface area contributed by atoms with Crippen LogP contribution in [0.4, 0.5) is 0 Å². The molecule has 1 aromatic carbocycles. The zero-order chi connectivity index (χ0) is 18.5. The molecule has 0 radical (unpaired) electrons. The third kappa shape index (κ3) is 1.89. The number of rotatable bonds is 5. The Morgan fingerprint density at radius 3 is 2.16 bits per heavy atom. The molecule has 1 saturated carbocycles. The smallest absolute Gasteiger partial charge is 0.314 e. The molecule has 1 heterocycles. The molecular formula is C17H17Cl2N4O2+. The van der Waals surface area contributed by atoms with Crippen molar-refractivity contribution < 1.29 is 14.5 Å². The average Bonchev–Trinajstić information content (AvgIpc) is 3.13. The maximum Gasteiger partial charge on any atom is 0.343 e. The van der Waals surface area contributed by atoms with Crippen molar-refractivity contribution in [3.63, 3.8) is 0 Å². The maximum absolute atomic E-state index is 10.1. The third-order valence-corrected chi connectivity index (χ3v) is 5.64. The van der Waals surface area contributed by atoms with E-state index in [0.717, 1.165) is 0 Å². The van der Waals surface area contributed by atoms with Gasteiger partial charge in [-0.3, -0.25) is 5.73 Å². The van der Waals surface area contributed by atoms with Crippen LogP contribution in [0.5, 0.6) is 0 Å². The van der Waals surface area contributed by atoms with E-state index < -0.39 is 22.7 Å². The Kier molecular flexibility index (Phi) is 4.21. The van der Waals surface area contributed by atoms with Crippen LogP contribution < -0.4 is 10.7 Å². The summed E-state index contributed by atoms with van der Waals surface area (Å²) in [5, 5.41) is 20.8. The van der Waals surface area contributed by atoms with Crippen molar-refractivity contribution in [3.8, 4) is 12.1 Å². The Hall–Kier alpha value is -1.83. The van der Waals surface area contributed by atoms with Gasteiger partial charge >= 0.3 is 5.91 Å². The molecule has 0 bridgehead atoms. The molecule has 1 aliphatic heterocycles. The summed E-state index contributed by atoms with van der Waals surface area (Å²) in [4.78, 5) is 2.91. The van der Waals surface area contributed by atoms with Crippen LogP contribution in [0.2, 0.25) is 10.0 Å². The van der Waals surface area contributed by atoms with Crippen LogP contribution in [0.1, 0.15) is 25.3 Å². The first-order valence-electron chi connectivity index (χ1n) is 7.87. The number of nitriles is 2. The molecule has 1 aromatic rings. The first kappa shape index (κ1) is 18.0. The lowest BCUT2D eigenvalue weighted by Gasteiger charge is -2.29. The molecule has 0 spiro atoms. The normalized spacial score (nSPS) is 31.6. The lowest BCUT2D eigenvalue weighted by Crippen LogP contribution is -2.91. The van der Waals surface area contributed by atoms with Crippen LogP contribution in [0, 0.1) is 33.5 Å². The Morgan fingerprint density at radius 2 is 1.72 bits per heavy atom. The highest BCUT2D eigenvalue weighted by Gasteiger charge is 2.97. The molecule has 2 aliphatic rings. The van der Waals surface area contributed by atoms with E-state index in [2.05, 4.69) is 17.1 Å². The molecular weight excluding hydrogens is 363 g/mol. The second-order valence-electron chi connectivity index (χ2n) is 5.93.